The lowest BCUT2D eigenvalue weighted by Crippen LogP contribution is -2.46. The second kappa shape index (κ2) is 36.1. The van der Waals surface area contributed by atoms with Crippen LogP contribution in [0.2, 0.25) is 0 Å². The summed E-state index contributed by atoms with van der Waals surface area (Å²) in [4.78, 5) is 139. The maximum Gasteiger partial charge on any atom is 0.341 e. The van der Waals surface area contributed by atoms with Crippen molar-refractivity contribution in [2.45, 2.75) is 76.0 Å². The lowest BCUT2D eigenvalue weighted by atomic mass is 10.0. The summed E-state index contributed by atoms with van der Waals surface area (Å²) in [5.41, 5.74) is 23.3. The molecule has 34 nitrogen and oxygen atoms in total. The van der Waals surface area contributed by atoms with Crippen LogP contribution in [0.5, 0.6) is 23.0 Å². The van der Waals surface area contributed by atoms with Crippen molar-refractivity contribution in [1.29, 1.82) is 16.2 Å². The number of nitrogens with two attached hydrogens (primary N) is 4. The molecule has 0 unspecified atom stereocenters. The molecule has 6 rings (SSSR count). The first-order valence-electron chi connectivity index (χ1n) is 30.3. The van der Waals surface area contributed by atoms with E-state index in [1.165, 1.54) is 95.0 Å². The third-order valence-electron chi connectivity index (χ3n) is 14.6. The summed E-state index contributed by atoms with van der Waals surface area (Å²) in [5, 5.41) is 62.3. The first-order chi connectivity index (χ1) is 46.8. The van der Waals surface area contributed by atoms with Gasteiger partial charge in [-0.2, -0.15) is 0 Å². The number of ether oxygens (including phenoxy) is 4. The molecule has 0 saturated heterocycles. The van der Waals surface area contributed by atoms with Gasteiger partial charge in [0, 0.05) is 72.8 Å². The Kier molecular flexibility index (Phi) is 27.4. The van der Waals surface area contributed by atoms with Crippen LogP contribution in [0.4, 0.5) is 22.7 Å². The predicted octanol–water partition coefficient (Wildman–Crippen LogP) is 1.44. The number of aromatic nitrogens is 1. The molecule has 34 heteroatoms. The maximum atomic E-state index is 14.5. The van der Waals surface area contributed by atoms with Crippen molar-refractivity contribution < 1.29 is 72.0 Å². The number of hydrogen-bond donors (Lipinski definition) is 20. The second-order valence-corrected chi connectivity index (χ2v) is 21.8. The zero-order valence-corrected chi connectivity index (χ0v) is 53.9. The number of amides is 9. The molecule has 24 N–H and O–H groups in total. The molecule has 0 radical (unpaired) electrons. The van der Waals surface area contributed by atoms with Gasteiger partial charge in [-0.1, -0.05) is 18.2 Å². The first-order valence-corrected chi connectivity index (χ1v) is 30.3. The fourth-order valence-electron chi connectivity index (χ4n) is 9.91. The molecule has 1 heterocycles. The highest BCUT2D eigenvalue weighted by Crippen LogP contribution is 2.29. The van der Waals surface area contributed by atoms with Gasteiger partial charge in [-0.05, 0) is 123 Å². The van der Waals surface area contributed by atoms with Crippen LogP contribution in [-0.4, -0.2) is 159 Å². The third-order valence-corrected chi connectivity index (χ3v) is 14.6. The molecule has 0 fully saturated rings. The molecule has 0 bridgehead atoms. The molecule has 0 aliphatic rings. The summed E-state index contributed by atoms with van der Waals surface area (Å²) < 4.78 is 21.9. The van der Waals surface area contributed by atoms with E-state index in [2.05, 4.69) is 63.5 Å². The lowest BCUT2D eigenvalue weighted by molar-refractivity contribution is -0.139. The number of para-hydroxylation sites is 1. The minimum atomic E-state index is -1.43. The van der Waals surface area contributed by atoms with E-state index in [9.17, 15) is 53.1 Å². The largest absolute Gasteiger partial charge is 0.496 e. The summed E-state index contributed by atoms with van der Waals surface area (Å²) in [6, 6.07) is 18.1. The topological polar surface area (TPSA) is 552 Å². The summed E-state index contributed by atoms with van der Waals surface area (Å²) in [5.74, 6) is -9.77. The van der Waals surface area contributed by atoms with Crippen LogP contribution in [0.25, 0.3) is 10.9 Å². The van der Waals surface area contributed by atoms with E-state index in [0.717, 1.165) is 17.0 Å². The second-order valence-electron chi connectivity index (χ2n) is 21.8. The smallest absolute Gasteiger partial charge is 0.341 e. The average Bonchev–Trinajstić information content (AvgIpc) is 1.87. The van der Waals surface area contributed by atoms with Crippen molar-refractivity contribution in [2.24, 2.45) is 22.9 Å². The Bertz CT molecular complexity index is 3970. The SMILES string of the molecule is COc1ccc(NC(=O)[C@@H](CCCNC(=N)N)NC(=O)c2cc(NC(=O)[C@@H](CCCNC(=N)N)NC(=O)c3cc(NC(=O)[C@@H](CCCNC(=N)N)NC(=O)c4cc(NC(C)=O)ccc4OC)ccc3OC)ccc2OCC(=O)O)cc1C(=O)N[C@H](Cc1c[nH]c2ccccc12)C(N)=O. The zero-order valence-electron chi connectivity index (χ0n) is 53.9. The number of H-pyrrole nitrogens is 1. The molecular formula is C64H79N19O15. The summed E-state index contributed by atoms with van der Waals surface area (Å²) >= 11 is 0. The standard InChI is InChI=1S/C64H79N19O15/c1-33(84)76-35-15-19-49(95-2)40(27-35)55(88)80-45(12-7-23-72-62(66)67)59(92)77-36-16-20-50(96-3)41(28-36)56(89)81-46(13-8-24-73-63(68)69)60(93)79-38-18-22-52(98-32-53(85)86)43(30-38)58(91)82-47(14-9-25-74-64(70)71)61(94)78-37-17-21-51(97-4)42(29-37)57(90)83-48(54(65)87)26-34-31-75-44-11-6-5-10-39(34)44/h5-6,10-11,15-22,27-31,45-48,75H,7-9,12-14,23-26,32H2,1-4H3,(H2,65,87)(H,76,84)(H,77,92)(H,78,94)(H,79,93)(H,80,88)(H,81,89)(H,82,91)(H,83,90)(H,85,86)(H4,66,67,72)(H4,68,69,73)(H4,70,71,74)/t45-,46-,47-,48-/m1/s1. The minimum absolute atomic E-state index is 0.00188. The molecule has 1 aromatic heterocycles. The number of aromatic amines is 1. The number of anilines is 4. The number of carboxylic acid groups (broad SMARTS) is 1. The molecule has 0 saturated carbocycles. The van der Waals surface area contributed by atoms with Crippen LogP contribution < -0.4 is 100 Å². The Morgan fingerprint density at radius 1 is 0.480 bits per heavy atom. The van der Waals surface area contributed by atoms with Crippen LogP contribution in [0, 0.1) is 16.2 Å². The van der Waals surface area contributed by atoms with Gasteiger partial charge >= 0.3 is 5.97 Å². The average molecular weight is 1350 g/mol. The third kappa shape index (κ3) is 22.3. The monoisotopic (exact) mass is 1350 g/mol. The highest BCUT2D eigenvalue weighted by Gasteiger charge is 2.30. The number of fused-ring (bicyclic) bond motifs is 1. The predicted molar refractivity (Wildman–Crippen MR) is 362 cm³/mol. The van der Waals surface area contributed by atoms with Crippen molar-refractivity contribution in [3.63, 3.8) is 0 Å². The van der Waals surface area contributed by atoms with Crippen molar-refractivity contribution in [3.05, 3.63) is 131 Å². The Balaban J connectivity index is 1.24. The van der Waals surface area contributed by atoms with Crippen molar-refractivity contribution in [3.8, 4) is 23.0 Å². The Labute approximate surface area is 561 Å². The number of hydrogen-bond acceptors (Lipinski definition) is 17. The van der Waals surface area contributed by atoms with E-state index in [1.54, 1.807) is 6.20 Å². The van der Waals surface area contributed by atoms with Crippen LogP contribution in [-0.2, 0) is 35.2 Å². The number of carbonyl (C=O) groups is 10. The van der Waals surface area contributed by atoms with Crippen LogP contribution >= 0.6 is 0 Å². The minimum Gasteiger partial charge on any atom is -0.496 e. The van der Waals surface area contributed by atoms with E-state index in [1.807, 2.05) is 24.3 Å². The van der Waals surface area contributed by atoms with E-state index >= 15 is 0 Å². The van der Waals surface area contributed by atoms with Crippen LogP contribution in [0.3, 0.4) is 0 Å². The van der Waals surface area contributed by atoms with Crippen molar-refractivity contribution in [1.82, 2.24) is 42.2 Å². The fraction of sp³-hybridized carbons (Fsp3) is 0.297. The molecule has 98 heavy (non-hydrogen) atoms. The summed E-state index contributed by atoms with van der Waals surface area (Å²) in [7, 11) is 3.91. The number of guanidine groups is 3. The van der Waals surface area contributed by atoms with Crippen LogP contribution in [0.15, 0.2) is 103 Å². The van der Waals surface area contributed by atoms with Gasteiger partial charge in [-0.3, -0.25) is 59.4 Å². The number of benzene rings is 5. The van der Waals surface area contributed by atoms with Gasteiger partial charge in [0.15, 0.2) is 24.5 Å². The summed E-state index contributed by atoms with van der Waals surface area (Å²) in [6.45, 7) is 0.620. The Morgan fingerprint density at radius 2 is 0.827 bits per heavy atom. The van der Waals surface area contributed by atoms with Crippen molar-refractivity contribution in [2.75, 3.05) is 68.8 Å². The zero-order chi connectivity index (χ0) is 71.6. The maximum absolute atomic E-state index is 14.5. The van der Waals surface area contributed by atoms with Gasteiger partial charge in [-0.15, -0.1) is 0 Å². The van der Waals surface area contributed by atoms with E-state index in [0.29, 0.717) is 5.56 Å². The lowest BCUT2D eigenvalue weighted by Gasteiger charge is -2.22. The quantitative estimate of drug-likeness (QED) is 0.0150. The molecule has 9 amide bonds. The number of carboxylic acids is 1. The number of primary amides is 1. The Hall–Kier alpha value is -12.7. The van der Waals surface area contributed by atoms with Gasteiger partial charge < -0.3 is 110 Å². The fourth-order valence-corrected chi connectivity index (χ4v) is 9.91. The van der Waals surface area contributed by atoms with E-state index in [4.69, 9.17) is 58.1 Å². The molecular weight excluding hydrogens is 1270 g/mol. The van der Waals surface area contributed by atoms with Gasteiger partial charge in [0.2, 0.25) is 29.5 Å². The van der Waals surface area contributed by atoms with Gasteiger partial charge in [-0.25, -0.2) is 4.79 Å². The number of nitrogens with one attached hydrogen (secondary N) is 15. The van der Waals surface area contributed by atoms with Gasteiger partial charge in [0.25, 0.3) is 23.6 Å². The molecule has 5 aromatic carbocycles. The Morgan fingerprint density at radius 3 is 1.17 bits per heavy atom. The number of methoxy groups -OCH3 is 3. The first kappa shape index (κ1) is 74.4. The molecule has 0 aliphatic heterocycles. The molecule has 0 spiro atoms. The van der Waals surface area contributed by atoms with E-state index in [-0.39, 0.29) is 150 Å². The highest BCUT2D eigenvalue weighted by atomic mass is 16.5. The normalized spacial score (nSPS) is 11.9. The van der Waals surface area contributed by atoms with Crippen molar-refractivity contribution >= 4 is 111 Å². The molecule has 4 atom stereocenters. The van der Waals surface area contributed by atoms with Gasteiger partial charge in [0.1, 0.15) is 47.2 Å². The molecule has 0 aliphatic carbocycles. The summed E-state index contributed by atoms with van der Waals surface area (Å²) in [6.07, 6.45) is 1.96. The van der Waals surface area contributed by atoms with E-state index < -0.39 is 89.9 Å². The molecule has 520 valence electrons. The number of carbonyl (C=O) groups excluding carboxylic acids is 9. The van der Waals surface area contributed by atoms with Gasteiger partial charge in [0.05, 0.1) is 43.6 Å². The molecule has 6 aromatic rings. The number of aliphatic carboxylic acids is 1. The highest BCUT2D eigenvalue weighted by molar-refractivity contribution is 6.08. The van der Waals surface area contributed by atoms with Crippen LogP contribution in [0.1, 0.15) is 92.4 Å². The number of rotatable bonds is 36.